The van der Waals surface area contributed by atoms with Crippen LogP contribution in [-0.2, 0) is 0 Å². The maximum absolute atomic E-state index is 12.7. The first-order chi connectivity index (χ1) is 12.6. The average molecular weight is 362 g/mol. The summed E-state index contributed by atoms with van der Waals surface area (Å²) in [4.78, 5) is 12.7. The summed E-state index contributed by atoms with van der Waals surface area (Å²) in [7, 11) is 0. The highest BCUT2D eigenvalue weighted by Gasteiger charge is 2.28. The Kier molecular flexibility index (Phi) is 5.68. The van der Waals surface area contributed by atoms with Crippen molar-refractivity contribution in [3.05, 3.63) is 23.5 Å². The minimum absolute atomic E-state index is 0.236. The van der Waals surface area contributed by atoms with E-state index < -0.39 is 6.10 Å². The maximum Gasteiger partial charge on any atom is 0.287 e. The summed E-state index contributed by atoms with van der Waals surface area (Å²) in [6.07, 6.45) is 0.0612. The largest absolute Gasteiger partial charge is 0.490 e. The Balaban J connectivity index is 1.94. The lowest BCUT2D eigenvalue weighted by Gasteiger charge is -2.28. The molecule has 1 aromatic heterocycles. The van der Waals surface area contributed by atoms with Crippen LogP contribution in [-0.4, -0.2) is 49.5 Å². The van der Waals surface area contributed by atoms with Crippen molar-refractivity contribution in [1.29, 1.82) is 0 Å². The van der Waals surface area contributed by atoms with E-state index >= 15 is 0 Å². The molecule has 1 aromatic carbocycles. The fourth-order valence-electron chi connectivity index (χ4n) is 3.25. The molecule has 2 heterocycles. The number of aliphatic hydroxyl groups is 1. The number of benzene rings is 1. The van der Waals surface area contributed by atoms with E-state index in [-0.39, 0.29) is 17.7 Å². The van der Waals surface area contributed by atoms with Crippen LogP contribution in [0.3, 0.4) is 0 Å². The summed E-state index contributed by atoms with van der Waals surface area (Å²) in [5.74, 6) is 1.01. The van der Waals surface area contributed by atoms with Crippen molar-refractivity contribution >= 4 is 16.9 Å². The molecule has 1 fully saturated rings. The van der Waals surface area contributed by atoms with Crippen molar-refractivity contribution in [2.75, 3.05) is 26.3 Å². The van der Waals surface area contributed by atoms with Gasteiger partial charge in [-0.1, -0.05) is 0 Å². The molecule has 0 spiro atoms. The fourth-order valence-corrected chi connectivity index (χ4v) is 3.25. The predicted octanol–water partition coefficient (Wildman–Crippen LogP) is 1.99. The number of β-amino-alcohol motifs (C(OH)–C–C–N with tert-alkyl or cyclic N) is 1. The highest BCUT2D eigenvalue weighted by molar-refractivity contribution is 6.01. The second kappa shape index (κ2) is 7.97. The highest BCUT2D eigenvalue weighted by Crippen LogP contribution is 2.39. The molecular formula is C19H26N2O5. The number of nitrogens with one attached hydrogen (secondary N) is 2. The molecule has 7 heteroatoms. The molecule has 7 nitrogen and oxygen atoms in total. The molecule has 1 amide bonds. The van der Waals surface area contributed by atoms with Gasteiger partial charge in [0, 0.05) is 17.5 Å². The quantitative estimate of drug-likeness (QED) is 0.728. The normalized spacial score (nSPS) is 20.2. The number of carbonyl (C=O) groups excluding carboxylic acids is 1. The minimum Gasteiger partial charge on any atom is -0.490 e. The van der Waals surface area contributed by atoms with Gasteiger partial charge in [0.05, 0.1) is 25.4 Å². The van der Waals surface area contributed by atoms with Gasteiger partial charge >= 0.3 is 0 Å². The van der Waals surface area contributed by atoms with Gasteiger partial charge in [0.1, 0.15) is 0 Å². The minimum atomic E-state index is -0.610. The Morgan fingerprint density at radius 3 is 2.81 bits per heavy atom. The number of aryl methyl sites for hydroxylation is 1. The van der Waals surface area contributed by atoms with Crippen molar-refractivity contribution in [2.24, 2.45) is 0 Å². The van der Waals surface area contributed by atoms with Crippen LogP contribution in [0, 0.1) is 6.92 Å². The third kappa shape index (κ3) is 3.50. The van der Waals surface area contributed by atoms with Gasteiger partial charge in [-0.15, -0.1) is 0 Å². The third-order valence-electron chi connectivity index (χ3n) is 4.59. The summed E-state index contributed by atoms with van der Waals surface area (Å²) < 4.78 is 17.2. The molecule has 1 aliphatic heterocycles. The van der Waals surface area contributed by atoms with Crippen molar-refractivity contribution < 1.29 is 23.8 Å². The molecule has 142 valence electrons. The van der Waals surface area contributed by atoms with Gasteiger partial charge < -0.3 is 29.6 Å². The number of rotatable bonds is 6. The molecule has 2 aromatic rings. The Morgan fingerprint density at radius 2 is 2.12 bits per heavy atom. The molecule has 3 rings (SSSR count). The Hall–Kier alpha value is -2.25. The van der Waals surface area contributed by atoms with Gasteiger partial charge in [0.25, 0.3) is 5.91 Å². The van der Waals surface area contributed by atoms with E-state index in [0.717, 1.165) is 17.5 Å². The van der Waals surface area contributed by atoms with E-state index in [9.17, 15) is 9.90 Å². The lowest BCUT2D eigenvalue weighted by atomic mass is 10.0. The van der Waals surface area contributed by atoms with Crippen LogP contribution in [0.15, 0.2) is 16.5 Å². The SMILES string of the molecule is CCOc1ccc2c(C)c(C(=O)N[C@@H]3CCNC[C@H]3O)oc2c1OCC. The van der Waals surface area contributed by atoms with Gasteiger partial charge in [-0.05, 0) is 45.9 Å². The number of aliphatic hydroxyl groups excluding tert-OH is 1. The first-order valence-corrected chi connectivity index (χ1v) is 9.08. The van der Waals surface area contributed by atoms with E-state index in [1.54, 1.807) is 0 Å². The predicted molar refractivity (Wildman–Crippen MR) is 98.0 cm³/mol. The monoisotopic (exact) mass is 362 g/mol. The number of carbonyl (C=O) groups is 1. The average Bonchev–Trinajstić information content (AvgIpc) is 2.96. The van der Waals surface area contributed by atoms with Crippen LogP contribution in [0.1, 0.15) is 36.4 Å². The molecule has 0 saturated carbocycles. The number of amides is 1. The highest BCUT2D eigenvalue weighted by atomic mass is 16.5. The van der Waals surface area contributed by atoms with Crippen LogP contribution in [0.25, 0.3) is 11.0 Å². The first kappa shape index (κ1) is 18.5. The van der Waals surface area contributed by atoms with Gasteiger partial charge in [-0.25, -0.2) is 0 Å². The van der Waals surface area contributed by atoms with Crippen LogP contribution < -0.4 is 20.1 Å². The number of furan rings is 1. The summed E-state index contributed by atoms with van der Waals surface area (Å²) in [5.41, 5.74) is 1.25. The van der Waals surface area contributed by atoms with Crippen LogP contribution >= 0.6 is 0 Å². The number of hydrogen-bond donors (Lipinski definition) is 3. The smallest absolute Gasteiger partial charge is 0.287 e. The van der Waals surface area contributed by atoms with Crippen LogP contribution in [0.2, 0.25) is 0 Å². The van der Waals surface area contributed by atoms with Crippen molar-refractivity contribution in [1.82, 2.24) is 10.6 Å². The van der Waals surface area contributed by atoms with E-state index in [4.69, 9.17) is 13.9 Å². The van der Waals surface area contributed by atoms with Crippen molar-refractivity contribution in [3.63, 3.8) is 0 Å². The molecule has 0 aliphatic carbocycles. The molecule has 26 heavy (non-hydrogen) atoms. The lowest BCUT2D eigenvalue weighted by Crippen LogP contribution is -2.52. The van der Waals surface area contributed by atoms with E-state index in [1.165, 1.54) is 0 Å². The van der Waals surface area contributed by atoms with Gasteiger partial charge in [-0.2, -0.15) is 0 Å². The fraction of sp³-hybridized carbons (Fsp3) is 0.526. The summed E-state index contributed by atoms with van der Waals surface area (Å²) in [6, 6.07) is 3.41. The Bertz CT molecular complexity index is 786. The van der Waals surface area contributed by atoms with E-state index in [0.29, 0.717) is 43.3 Å². The van der Waals surface area contributed by atoms with Gasteiger partial charge in [0.15, 0.2) is 17.1 Å². The summed E-state index contributed by atoms with van der Waals surface area (Å²) in [6.45, 7) is 7.82. The summed E-state index contributed by atoms with van der Waals surface area (Å²) >= 11 is 0. The number of piperidine rings is 1. The maximum atomic E-state index is 12.7. The Morgan fingerprint density at radius 1 is 1.35 bits per heavy atom. The van der Waals surface area contributed by atoms with Gasteiger partial charge in [0.2, 0.25) is 5.75 Å². The zero-order valence-electron chi connectivity index (χ0n) is 15.4. The van der Waals surface area contributed by atoms with Crippen molar-refractivity contribution in [3.8, 4) is 11.5 Å². The lowest BCUT2D eigenvalue weighted by molar-refractivity contribution is 0.0744. The standard InChI is InChI=1S/C19H26N2O5/c1-4-24-15-7-6-12-11(3)16(26-17(12)18(15)25-5-2)19(23)21-13-8-9-20-10-14(13)22/h6-7,13-14,20,22H,4-5,8-10H2,1-3H3,(H,21,23)/t13-,14-/m1/s1. The molecule has 0 unspecified atom stereocenters. The Labute approximate surface area is 152 Å². The van der Waals surface area contributed by atoms with Crippen molar-refractivity contribution in [2.45, 2.75) is 39.3 Å². The molecular weight excluding hydrogens is 336 g/mol. The second-order valence-corrected chi connectivity index (χ2v) is 6.33. The molecule has 1 aliphatic rings. The first-order valence-electron chi connectivity index (χ1n) is 9.08. The second-order valence-electron chi connectivity index (χ2n) is 6.33. The van der Waals surface area contributed by atoms with E-state index in [2.05, 4.69) is 10.6 Å². The molecule has 1 saturated heterocycles. The molecule has 3 N–H and O–H groups in total. The topological polar surface area (TPSA) is 93.0 Å². The molecule has 2 atom stereocenters. The summed E-state index contributed by atoms with van der Waals surface area (Å²) in [5, 5.41) is 16.8. The van der Waals surface area contributed by atoms with Crippen LogP contribution in [0.4, 0.5) is 0 Å². The number of ether oxygens (including phenoxy) is 2. The zero-order chi connectivity index (χ0) is 18.7. The third-order valence-corrected chi connectivity index (χ3v) is 4.59. The van der Waals surface area contributed by atoms with Crippen LogP contribution in [0.5, 0.6) is 11.5 Å². The number of fused-ring (bicyclic) bond motifs is 1. The zero-order valence-corrected chi connectivity index (χ0v) is 15.4. The molecule has 0 radical (unpaired) electrons. The van der Waals surface area contributed by atoms with Gasteiger partial charge in [-0.3, -0.25) is 4.79 Å². The molecule has 0 bridgehead atoms. The number of hydrogen-bond acceptors (Lipinski definition) is 6. The van der Waals surface area contributed by atoms with E-state index in [1.807, 2.05) is 32.9 Å².